The van der Waals surface area contributed by atoms with E-state index in [0.717, 1.165) is 5.92 Å². The molecule has 80 valence electrons. The predicted octanol–water partition coefficient (Wildman–Crippen LogP) is 3.39. The largest absolute Gasteiger partial charge is 0.324 e. The highest BCUT2D eigenvalue weighted by Crippen LogP contribution is 2.31. The third kappa shape index (κ3) is 2.38. The molecule has 0 bridgehead atoms. The second-order valence-corrected chi connectivity index (χ2v) is 4.95. The van der Waals surface area contributed by atoms with Crippen LogP contribution in [0.1, 0.15) is 57.8 Å². The van der Waals surface area contributed by atoms with Crippen LogP contribution in [0.3, 0.4) is 0 Å². The lowest BCUT2D eigenvalue weighted by molar-refractivity contribution is 0.402. The molecule has 2 aliphatic rings. The molecule has 1 heteroatoms. The molecule has 0 aromatic rings. The molecule has 1 fully saturated rings. The van der Waals surface area contributed by atoms with Crippen molar-refractivity contribution in [2.75, 3.05) is 0 Å². The molecule has 2 N–H and O–H groups in total. The van der Waals surface area contributed by atoms with Crippen LogP contribution in [0, 0.1) is 5.92 Å². The van der Waals surface area contributed by atoms with Crippen molar-refractivity contribution in [3.63, 3.8) is 0 Å². The van der Waals surface area contributed by atoms with E-state index in [2.05, 4.69) is 6.08 Å². The monoisotopic (exact) mass is 193 g/mol. The highest BCUT2D eigenvalue weighted by atomic mass is 14.7. The highest BCUT2D eigenvalue weighted by Gasteiger charge is 2.23. The molecule has 1 nitrogen and oxygen atoms in total. The number of rotatable bonds is 2. The van der Waals surface area contributed by atoms with Gasteiger partial charge in [-0.15, -0.1) is 0 Å². The third-order valence-electron chi connectivity index (χ3n) is 3.91. The Labute approximate surface area is 87.8 Å². The van der Waals surface area contributed by atoms with Crippen LogP contribution in [0.15, 0.2) is 11.6 Å². The van der Waals surface area contributed by atoms with Crippen molar-refractivity contribution in [1.29, 1.82) is 0 Å². The highest BCUT2D eigenvalue weighted by molar-refractivity contribution is 5.15. The maximum absolute atomic E-state index is 6.35. The molecule has 0 saturated heterocycles. The Hall–Kier alpha value is -0.300. The normalized spacial score (nSPS) is 27.1. The number of hydrogen-bond donors (Lipinski definition) is 1. The minimum atomic E-state index is 0.399. The molecule has 2 rings (SSSR count). The van der Waals surface area contributed by atoms with Crippen LogP contribution in [0.25, 0.3) is 0 Å². The summed E-state index contributed by atoms with van der Waals surface area (Å²) in [6, 6.07) is 0.399. The van der Waals surface area contributed by atoms with E-state index in [-0.39, 0.29) is 0 Å². The first-order chi connectivity index (χ1) is 6.88. The predicted molar refractivity (Wildman–Crippen MR) is 61.1 cm³/mol. The first-order valence-corrected chi connectivity index (χ1v) is 6.32. The van der Waals surface area contributed by atoms with Crippen LogP contribution < -0.4 is 5.73 Å². The summed E-state index contributed by atoms with van der Waals surface area (Å²) < 4.78 is 0. The van der Waals surface area contributed by atoms with Gasteiger partial charge in [-0.25, -0.2) is 0 Å². The van der Waals surface area contributed by atoms with E-state index >= 15 is 0 Å². The average Bonchev–Trinajstić information content (AvgIpc) is 2.59. The van der Waals surface area contributed by atoms with Crippen molar-refractivity contribution >= 4 is 0 Å². The van der Waals surface area contributed by atoms with E-state index in [1.807, 2.05) is 0 Å². The third-order valence-corrected chi connectivity index (χ3v) is 3.91. The van der Waals surface area contributed by atoms with Gasteiger partial charge in [0.05, 0.1) is 0 Å². The van der Waals surface area contributed by atoms with Crippen LogP contribution >= 0.6 is 0 Å². The summed E-state index contributed by atoms with van der Waals surface area (Å²) in [6.45, 7) is 0. The fraction of sp³-hybridized carbons (Fsp3) is 0.846. The molecule has 0 heterocycles. The lowest BCUT2D eigenvalue weighted by Gasteiger charge is -2.23. The number of nitrogens with two attached hydrogens (primary N) is 1. The molecular formula is C13H23N. The maximum atomic E-state index is 6.35. The zero-order valence-corrected chi connectivity index (χ0v) is 9.17. The summed E-state index contributed by atoms with van der Waals surface area (Å²) in [5.74, 6) is 0.793. The Morgan fingerprint density at radius 3 is 2.36 bits per heavy atom. The van der Waals surface area contributed by atoms with Gasteiger partial charge in [0.2, 0.25) is 0 Å². The van der Waals surface area contributed by atoms with Crippen molar-refractivity contribution in [2.45, 2.75) is 63.8 Å². The van der Waals surface area contributed by atoms with Gasteiger partial charge >= 0.3 is 0 Å². The van der Waals surface area contributed by atoms with Gasteiger partial charge in [0, 0.05) is 6.04 Å². The fourth-order valence-electron chi connectivity index (χ4n) is 2.97. The van der Waals surface area contributed by atoms with Crippen molar-refractivity contribution in [3.05, 3.63) is 11.6 Å². The number of hydrogen-bond acceptors (Lipinski definition) is 1. The van der Waals surface area contributed by atoms with Crippen molar-refractivity contribution in [2.24, 2.45) is 11.7 Å². The molecule has 0 aromatic carbocycles. The molecule has 0 aromatic heterocycles. The molecule has 14 heavy (non-hydrogen) atoms. The second-order valence-electron chi connectivity index (χ2n) is 4.95. The topological polar surface area (TPSA) is 26.0 Å². The van der Waals surface area contributed by atoms with Gasteiger partial charge in [0.1, 0.15) is 0 Å². The van der Waals surface area contributed by atoms with Crippen molar-refractivity contribution in [3.8, 4) is 0 Å². The Balaban J connectivity index is 1.91. The van der Waals surface area contributed by atoms with E-state index in [0.29, 0.717) is 6.04 Å². The van der Waals surface area contributed by atoms with Gasteiger partial charge in [0.15, 0.2) is 0 Å². The van der Waals surface area contributed by atoms with Gasteiger partial charge in [-0.1, -0.05) is 37.3 Å². The van der Waals surface area contributed by atoms with Crippen molar-refractivity contribution in [1.82, 2.24) is 0 Å². The van der Waals surface area contributed by atoms with Gasteiger partial charge in [-0.2, -0.15) is 0 Å². The molecule has 0 spiro atoms. The van der Waals surface area contributed by atoms with Gasteiger partial charge in [-0.3, -0.25) is 0 Å². The molecule has 1 saturated carbocycles. The Morgan fingerprint density at radius 1 is 1.07 bits per heavy atom. The maximum Gasteiger partial charge on any atom is 0.0282 e. The molecular weight excluding hydrogens is 170 g/mol. The van der Waals surface area contributed by atoms with Crippen LogP contribution in [-0.4, -0.2) is 6.04 Å². The lowest BCUT2D eigenvalue weighted by Crippen LogP contribution is -2.31. The first-order valence-electron chi connectivity index (χ1n) is 6.32. The first kappa shape index (κ1) is 10.2. The van der Waals surface area contributed by atoms with Gasteiger partial charge in [-0.05, 0) is 38.0 Å². The summed E-state index contributed by atoms with van der Waals surface area (Å²) in [5.41, 5.74) is 7.92. The Kier molecular flexibility index (Phi) is 3.63. The minimum absolute atomic E-state index is 0.399. The van der Waals surface area contributed by atoms with E-state index in [9.17, 15) is 0 Å². The van der Waals surface area contributed by atoms with E-state index in [1.165, 1.54) is 57.8 Å². The van der Waals surface area contributed by atoms with E-state index in [4.69, 9.17) is 5.73 Å². The molecule has 1 unspecified atom stereocenters. The van der Waals surface area contributed by atoms with Crippen LogP contribution in [0.5, 0.6) is 0 Å². The zero-order chi connectivity index (χ0) is 9.80. The minimum Gasteiger partial charge on any atom is -0.324 e. The molecule has 0 amide bonds. The summed E-state index contributed by atoms with van der Waals surface area (Å²) >= 11 is 0. The zero-order valence-electron chi connectivity index (χ0n) is 9.17. The lowest BCUT2D eigenvalue weighted by atomic mass is 9.87. The second kappa shape index (κ2) is 4.97. The molecule has 0 radical (unpaired) electrons. The quantitative estimate of drug-likeness (QED) is 0.528. The SMILES string of the molecule is NC(C1=CCCC1)C1CCCCCC1. The smallest absolute Gasteiger partial charge is 0.0282 e. The standard InChI is InChI=1S/C13H23N/c14-13(12-9-5-6-10-12)11-7-3-1-2-4-8-11/h9,11,13H,1-8,10,14H2. The summed E-state index contributed by atoms with van der Waals surface area (Å²) in [6.07, 6.45) is 14.7. The molecule has 1 atom stereocenters. The summed E-state index contributed by atoms with van der Waals surface area (Å²) in [5, 5.41) is 0. The van der Waals surface area contributed by atoms with Gasteiger partial charge < -0.3 is 5.73 Å². The Morgan fingerprint density at radius 2 is 1.79 bits per heavy atom. The summed E-state index contributed by atoms with van der Waals surface area (Å²) in [4.78, 5) is 0. The Bertz CT molecular complexity index is 199. The fourth-order valence-corrected chi connectivity index (χ4v) is 2.97. The van der Waals surface area contributed by atoms with Crippen LogP contribution in [0.2, 0.25) is 0 Å². The van der Waals surface area contributed by atoms with Crippen LogP contribution in [-0.2, 0) is 0 Å². The number of allylic oxidation sites excluding steroid dienone is 1. The molecule has 0 aliphatic heterocycles. The van der Waals surface area contributed by atoms with Gasteiger partial charge in [0.25, 0.3) is 0 Å². The summed E-state index contributed by atoms with van der Waals surface area (Å²) in [7, 11) is 0. The molecule has 2 aliphatic carbocycles. The average molecular weight is 193 g/mol. The van der Waals surface area contributed by atoms with Crippen molar-refractivity contribution < 1.29 is 0 Å². The van der Waals surface area contributed by atoms with E-state index < -0.39 is 0 Å². The van der Waals surface area contributed by atoms with E-state index in [1.54, 1.807) is 5.57 Å². The van der Waals surface area contributed by atoms with Crippen LogP contribution in [0.4, 0.5) is 0 Å².